The highest BCUT2D eigenvalue weighted by Gasteiger charge is 2.19. The SMILES string of the molecule is O=C(CNc1ccc(Cl)c([N+](=O)[O-])c1)NCc1ccc(C(=O)N2CCCC2)cc1. The topological polar surface area (TPSA) is 105 Å². The Morgan fingerprint density at radius 3 is 2.45 bits per heavy atom. The number of carbonyl (C=O) groups is 2. The molecule has 9 heteroatoms. The molecule has 1 fully saturated rings. The Bertz CT molecular complexity index is 911. The van der Waals surface area contributed by atoms with Gasteiger partial charge in [0.15, 0.2) is 0 Å². The van der Waals surface area contributed by atoms with Crippen LogP contribution in [0, 0.1) is 10.1 Å². The predicted molar refractivity (Wildman–Crippen MR) is 110 cm³/mol. The summed E-state index contributed by atoms with van der Waals surface area (Å²) in [5, 5.41) is 16.5. The fraction of sp³-hybridized carbons (Fsp3) is 0.300. The molecule has 3 rings (SSSR count). The quantitative estimate of drug-likeness (QED) is 0.532. The van der Waals surface area contributed by atoms with Crippen LogP contribution in [0.1, 0.15) is 28.8 Å². The third-order valence-electron chi connectivity index (χ3n) is 4.68. The van der Waals surface area contributed by atoms with Gasteiger partial charge in [-0.15, -0.1) is 0 Å². The zero-order valence-electron chi connectivity index (χ0n) is 15.7. The minimum Gasteiger partial charge on any atom is -0.376 e. The number of nitro benzene ring substituents is 1. The Labute approximate surface area is 173 Å². The van der Waals surface area contributed by atoms with Crippen molar-refractivity contribution in [1.82, 2.24) is 10.2 Å². The molecule has 152 valence electrons. The number of hydrogen-bond acceptors (Lipinski definition) is 5. The zero-order chi connectivity index (χ0) is 20.8. The molecule has 0 saturated carbocycles. The number of benzene rings is 2. The molecule has 0 atom stereocenters. The molecule has 1 heterocycles. The number of nitrogens with one attached hydrogen (secondary N) is 2. The lowest BCUT2D eigenvalue weighted by molar-refractivity contribution is -0.384. The number of nitro groups is 1. The van der Waals surface area contributed by atoms with E-state index < -0.39 is 4.92 Å². The van der Waals surface area contributed by atoms with Gasteiger partial charge in [-0.1, -0.05) is 23.7 Å². The molecule has 2 N–H and O–H groups in total. The average Bonchev–Trinajstić information content (AvgIpc) is 3.26. The summed E-state index contributed by atoms with van der Waals surface area (Å²) in [5.74, 6) is -0.223. The third kappa shape index (κ3) is 5.45. The smallest absolute Gasteiger partial charge is 0.289 e. The van der Waals surface area contributed by atoms with Gasteiger partial charge in [0.05, 0.1) is 11.5 Å². The highest BCUT2D eigenvalue weighted by molar-refractivity contribution is 6.32. The van der Waals surface area contributed by atoms with Gasteiger partial charge in [-0.2, -0.15) is 0 Å². The number of rotatable bonds is 7. The van der Waals surface area contributed by atoms with Crippen molar-refractivity contribution in [3.05, 3.63) is 68.7 Å². The molecule has 0 spiro atoms. The first-order valence-electron chi connectivity index (χ1n) is 9.27. The third-order valence-corrected chi connectivity index (χ3v) is 5.00. The normalized spacial score (nSPS) is 13.2. The molecule has 0 bridgehead atoms. The van der Waals surface area contributed by atoms with Crippen LogP contribution in [0.2, 0.25) is 5.02 Å². The van der Waals surface area contributed by atoms with Gasteiger partial charge >= 0.3 is 0 Å². The Kier molecular flexibility index (Phi) is 6.66. The number of amides is 2. The number of likely N-dealkylation sites (tertiary alicyclic amines) is 1. The van der Waals surface area contributed by atoms with Crippen LogP contribution >= 0.6 is 11.6 Å². The van der Waals surface area contributed by atoms with Crippen LogP contribution in [0.5, 0.6) is 0 Å². The van der Waals surface area contributed by atoms with Crippen molar-refractivity contribution in [3.63, 3.8) is 0 Å². The average molecular weight is 417 g/mol. The van der Waals surface area contributed by atoms with Crippen molar-refractivity contribution < 1.29 is 14.5 Å². The monoisotopic (exact) mass is 416 g/mol. The molecule has 2 aromatic rings. The van der Waals surface area contributed by atoms with E-state index in [1.165, 1.54) is 12.1 Å². The zero-order valence-corrected chi connectivity index (χ0v) is 16.4. The number of anilines is 1. The first-order valence-corrected chi connectivity index (χ1v) is 9.64. The van der Waals surface area contributed by atoms with Gasteiger partial charge < -0.3 is 15.5 Å². The van der Waals surface area contributed by atoms with E-state index in [9.17, 15) is 19.7 Å². The molecule has 1 aliphatic heterocycles. The summed E-state index contributed by atoms with van der Waals surface area (Å²) in [6, 6.07) is 11.4. The lowest BCUT2D eigenvalue weighted by Gasteiger charge is -2.15. The lowest BCUT2D eigenvalue weighted by Crippen LogP contribution is -2.29. The molecule has 1 aliphatic rings. The maximum Gasteiger partial charge on any atom is 0.289 e. The molecule has 0 aromatic heterocycles. The van der Waals surface area contributed by atoms with Gasteiger partial charge in [0.1, 0.15) is 5.02 Å². The van der Waals surface area contributed by atoms with E-state index in [-0.39, 0.29) is 29.1 Å². The minimum atomic E-state index is -0.578. The summed E-state index contributed by atoms with van der Waals surface area (Å²) in [6.45, 7) is 1.89. The van der Waals surface area contributed by atoms with Crippen LogP contribution in [0.25, 0.3) is 0 Å². The van der Waals surface area contributed by atoms with Crippen molar-refractivity contribution in [2.75, 3.05) is 25.0 Å². The molecule has 1 saturated heterocycles. The summed E-state index contributed by atoms with van der Waals surface area (Å²) in [5.41, 5.74) is 1.73. The maximum absolute atomic E-state index is 12.3. The fourth-order valence-electron chi connectivity index (χ4n) is 3.08. The molecule has 2 amide bonds. The molecule has 0 unspecified atom stereocenters. The van der Waals surface area contributed by atoms with Gasteiger partial charge in [0.25, 0.3) is 11.6 Å². The molecule has 8 nitrogen and oxygen atoms in total. The Morgan fingerprint density at radius 1 is 1.10 bits per heavy atom. The van der Waals surface area contributed by atoms with E-state index in [2.05, 4.69) is 10.6 Å². The van der Waals surface area contributed by atoms with Crippen LogP contribution in [0.15, 0.2) is 42.5 Å². The van der Waals surface area contributed by atoms with Crippen molar-refractivity contribution >= 4 is 34.8 Å². The Hall–Kier alpha value is -3.13. The first-order chi connectivity index (χ1) is 13.9. The van der Waals surface area contributed by atoms with E-state index >= 15 is 0 Å². The molecule has 29 heavy (non-hydrogen) atoms. The van der Waals surface area contributed by atoms with Crippen LogP contribution in [-0.2, 0) is 11.3 Å². The fourth-order valence-corrected chi connectivity index (χ4v) is 3.26. The molecule has 0 radical (unpaired) electrons. The van der Waals surface area contributed by atoms with Crippen molar-refractivity contribution in [3.8, 4) is 0 Å². The van der Waals surface area contributed by atoms with Crippen molar-refractivity contribution in [2.45, 2.75) is 19.4 Å². The first kappa shape index (κ1) is 20.6. The number of carbonyl (C=O) groups excluding carboxylic acids is 2. The van der Waals surface area contributed by atoms with Crippen molar-refractivity contribution in [2.24, 2.45) is 0 Å². The van der Waals surface area contributed by atoms with Crippen LogP contribution in [0.4, 0.5) is 11.4 Å². The molecular weight excluding hydrogens is 396 g/mol. The summed E-state index contributed by atoms with van der Waals surface area (Å²) < 4.78 is 0. The summed E-state index contributed by atoms with van der Waals surface area (Å²) in [4.78, 5) is 36.5. The molecular formula is C20H21ClN4O4. The van der Waals surface area contributed by atoms with Crippen LogP contribution in [-0.4, -0.2) is 41.3 Å². The number of hydrogen-bond donors (Lipinski definition) is 2. The second-order valence-electron chi connectivity index (χ2n) is 6.75. The van der Waals surface area contributed by atoms with Gasteiger partial charge in [-0.3, -0.25) is 19.7 Å². The van der Waals surface area contributed by atoms with Gasteiger partial charge in [-0.05, 0) is 42.7 Å². The van der Waals surface area contributed by atoms with Gasteiger partial charge in [0.2, 0.25) is 5.91 Å². The molecule has 2 aromatic carbocycles. The summed E-state index contributed by atoms with van der Waals surface area (Å²) in [7, 11) is 0. The highest BCUT2D eigenvalue weighted by atomic mass is 35.5. The Morgan fingerprint density at radius 2 is 1.79 bits per heavy atom. The van der Waals surface area contributed by atoms with E-state index in [1.807, 2.05) is 17.0 Å². The number of nitrogens with zero attached hydrogens (tertiary/aromatic N) is 2. The largest absolute Gasteiger partial charge is 0.376 e. The Balaban J connectivity index is 1.47. The maximum atomic E-state index is 12.3. The highest BCUT2D eigenvalue weighted by Crippen LogP contribution is 2.27. The van der Waals surface area contributed by atoms with E-state index in [1.54, 1.807) is 18.2 Å². The van der Waals surface area contributed by atoms with Gasteiger partial charge in [0, 0.05) is 37.0 Å². The summed E-state index contributed by atoms with van der Waals surface area (Å²) >= 11 is 5.77. The second kappa shape index (κ2) is 9.38. The van der Waals surface area contributed by atoms with Crippen molar-refractivity contribution in [1.29, 1.82) is 0 Å². The minimum absolute atomic E-state index is 0.0374. The predicted octanol–water partition coefficient (Wildman–Crippen LogP) is 3.21. The standard InChI is InChI=1S/C20H21ClN4O4/c21-17-8-7-16(11-18(17)25(28)29)22-13-19(26)23-12-14-3-5-15(6-4-14)20(27)24-9-1-2-10-24/h3-8,11,22H,1-2,9-10,12-13H2,(H,23,26). The van der Waals surface area contributed by atoms with E-state index in [4.69, 9.17) is 11.6 Å². The van der Waals surface area contributed by atoms with Crippen LogP contribution < -0.4 is 10.6 Å². The van der Waals surface area contributed by atoms with E-state index in [0.29, 0.717) is 17.8 Å². The number of halogens is 1. The summed E-state index contributed by atoms with van der Waals surface area (Å²) in [6.07, 6.45) is 2.10. The lowest BCUT2D eigenvalue weighted by atomic mass is 10.1. The second-order valence-corrected chi connectivity index (χ2v) is 7.16. The molecule has 0 aliphatic carbocycles. The van der Waals surface area contributed by atoms with E-state index in [0.717, 1.165) is 31.5 Å². The van der Waals surface area contributed by atoms with Crippen LogP contribution in [0.3, 0.4) is 0 Å². The van der Waals surface area contributed by atoms with Gasteiger partial charge in [-0.25, -0.2) is 0 Å².